The van der Waals surface area contributed by atoms with Crippen molar-refractivity contribution in [3.8, 4) is 0 Å². The van der Waals surface area contributed by atoms with Crippen molar-refractivity contribution in [2.75, 3.05) is 5.32 Å². The van der Waals surface area contributed by atoms with Gasteiger partial charge in [0.05, 0.1) is 17.0 Å². The van der Waals surface area contributed by atoms with Gasteiger partial charge in [-0.3, -0.25) is 0 Å². The van der Waals surface area contributed by atoms with E-state index < -0.39 is 12.1 Å². The highest BCUT2D eigenvalue weighted by atomic mass is 19.4. The molecule has 2 aromatic carbocycles. The van der Waals surface area contributed by atoms with E-state index in [0.717, 1.165) is 70.6 Å². The molecule has 0 bridgehead atoms. The number of benzene rings is 2. The van der Waals surface area contributed by atoms with Crippen LogP contribution in [0, 0.1) is 5.92 Å². The van der Waals surface area contributed by atoms with Crippen molar-refractivity contribution in [1.29, 1.82) is 0 Å². The van der Waals surface area contributed by atoms with Crippen molar-refractivity contribution in [2.45, 2.75) is 71.8 Å². The summed E-state index contributed by atoms with van der Waals surface area (Å²) in [4.78, 5) is 4.79. The topological polar surface area (TPSA) is 34.8 Å². The highest BCUT2D eigenvalue weighted by Gasteiger charge is 2.42. The van der Waals surface area contributed by atoms with Gasteiger partial charge < -0.3 is 14.5 Å². The highest BCUT2D eigenvalue weighted by molar-refractivity contribution is 5.87. The minimum absolute atomic E-state index is 0.0754. The first-order valence-electron chi connectivity index (χ1n) is 12.3. The van der Waals surface area contributed by atoms with Crippen LogP contribution in [-0.2, 0) is 32.5 Å². The lowest BCUT2D eigenvalue weighted by Crippen LogP contribution is -2.29. The molecule has 0 radical (unpaired) electrons. The fraction of sp³-hybridized carbons (Fsp3) is 0.444. The van der Waals surface area contributed by atoms with Crippen LogP contribution in [0.25, 0.3) is 21.9 Å². The van der Waals surface area contributed by atoms with Crippen molar-refractivity contribution < 1.29 is 13.2 Å². The Labute approximate surface area is 197 Å². The van der Waals surface area contributed by atoms with Gasteiger partial charge in [0.15, 0.2) is 0 Å². The summed E-state index contributed by atoms with van der Waals surface area (Å²) >= 11 is 0. The normalized spacial score (nSPS) is 16.3. The van der Waals surface area contributed by atoms with Crippen LogP contribution in [0.5, 0.6) is 0 Å². The van der Waals surface area contributed by atoms with Gasteiger partial charge in [0.1, 0.15) is 0 Å². The Kier molecular flexibility index (Phi) is 6.04. The number of nitrogens with one attached hydrogen (secondary N) is 1. The van der Waals surface area contributed by atoms with E-state index in [9.17, 15) is 13.2 Å². The molecule has 0 aliphatic heterocycles. The van der Waals surface area contributed by atoms with Gasteiger partial charge in [0, 0.05) is 36.2 Å². The maximum absolute atomic E-state index is 13.5. The molecule has 1 unspecified atom stereocenters. The maximum Gasteiger partial charge on any atom is 0.392 e. The van der Waals surface area contributed by atoms with E-state index in [-0.39, 0.29) is 12.8 Å². The van der Waals surface area contributed by atoms with Crippen LogP contribution in [0.2, 0.25) is 0 Å². The molecule has 1 atom stereocenters. The molecular weight excluding hydrogens is 437 g/mol. The standard InChI is InChI=1S/C27H31F3N4/c1-3-5-14-34-25-9-7-6-8-22(25)32-26(34)31-17-18-10-12-23-20(15-18)21-16-19(27(28,29)30)11-13-24(21)33(23)4-2/h6-10,12,15,19H,3-5,11,13-14,16-17H2,1-2H3,(H,31,32). The molecule has 0 saturated carbocycles. The second kappa shape index (κ2) is 9.01. The molecule has 34 heavy (non-hydrogen) atoms. The third-order valence-electron chi connectivity index (χ3n) is 7.15. The maximum atomic E-state index is 13.5. The molecule has 2 aromatic heterocycles. The molecule has 7 heteroatoms. The van der Waals surface area contributed by atoms with Gasteiger partial charge in [-0.05, 0) is 68.0 Å². The number of hydrogen-bond acceptors (Lipinski definition) is 2. The Bertz CT molecular complexity index is 1320. The number of rotatable bonds is 7. The molecule has 1 N–H and O–H groups in total. The third-order valence-corrected chi connectivity index (χ3v) is 7.15. The monoisotopic (exact) mass is 468 g/mol. The van der Waals surface area contributed by atoms with E-state index >= 15 is 0 Å². The summed E-state index contributed by atoms with van der Waals surface area (Å²) in [7, 11) is 0. The van der Waals surface area contributed by atoms with Crippen LogP contribution >= 0.6 is 0 Å². The van der Waals surface area contributed by atoms with Crippen molar-refractivity contribution in [2.24, 2.45) is 5.92 Å². The molecule has 0 amide bonds. The van der Waals surface area contributed by atoms with Gasteiger partial charge in [-0.2, -0.15) is 13.2 Å². The quantitative estimate of drug-likeness (QED) is 0.314. The van der Waals surface area contributed by atoms with Gasteiger partial charge in [0.25, 0.3) is 0 Å². The summed E-state index contributed by atoms with van der Waals surface area (Å²) in [5.74, 6) is -0.420. The van der Waals surface area contributed by atoms with Crippen LogP contribution in [0.4, 0.5) is 19.1 Å². The minimum atomic E-state index is -4.14. The summed E-state index contributed by atoms with van der Waals surface area (Å²) in [5, 5.41) is 4.45. The molecular formula is C27H31F3N4. The number of unbranched alkanes of at least 4 members (excludes halogenated alkanes) is 1. The average Bonchev–Trinajstić information content (AvgIpc) is 3.34. The first kappa shape index (κ1) is 22.8. The zero-order valence-corrected chi connectivity index (χ0v) is 19.8. The van der Waals surface area contributed by atoms with E-state index in [1.54, 1.807) is 0 Å². The van der Waals surface area contributed by atoms with E-state index in [4.69, 9.17) is 4.98 Å². The number of nitrogens with zero attached hydrogens (tertiary/aromatic N) is 3. The summed E-state index contributed by atoms with van der Waals surface area (Å²) in [6.45, 7) is 6.46. The Morgan fingerprint density at radius 3 is 2.65 bits per heavy atom. The number of hydrogen-bond donors (Lipinski definition) is 1. The SMILES string of the molecule is CCCCn1c(NCc2ccc3c(c2)c2c(n3CC)CCC(C(F)(F)F)C2)nc2ccccc21. The fourth-order valence-electron chi connectivity index (χ4n) is 5.38. The number of halogens is 3. The van der Waals surface area contributed by atoms with Crippen molar-refractivity contribution >= 4 is 27.9 Å². The lowest BCUT2D eigenvalue weighted by Gasteiger charge is -2.25. The molecule has 5 rings (SSSR count). The van der Waals surface area contributed by atoms with Crippen molar-refractivity contribution in [3.63, 3.8) is 0 Å². The van der Waals surface area contributed by atoms with Gasteiger partial charge in [0.2, 0.25) is 5.95 Å². The van der Waals surface area contributed by atoms with Crippen LogP contribution < -0.4 is 5.32 Å². The molecule has 0 fully saturated rings. The van der Waals surface area contributed by atoms with Gasteiger partial charge in [-0.1, -0.05) is 31.5 Å². The van der Waals surface area contributed by atoms with Crippen LogP contribution in [0.15, 0.2) is 42.5 Å². The zero-order valence-electron chi connectivity index (χ0n) is 19.8. The van der Waals surface area contributed by atoms with Crippen molar-refractivity contribution in [1.82, 2.24) is 14.1 Å². The number of aryl methyl sites for hydroxylation is 2. The smallest absolute Gasteiger partial charge is 0.352 e. The molecule has 4 nitrogen and oxygen atoms in total. The average molecular weight is 469 g/mol. The lowest BCUT2D eigenvalue weighted by atomic mass is 9.85. The van der Waals surface area contributed by atoms with E-state index in [1.807, 2.05) is 18.2 Å². The Morgan fingerprint density at radius 2 is 1.88 bits per heavy atom. The summed E-state index contributed by atoms with van der Waals surface area (Å²) in [5.41, 5.74) is 6.11. The van der Waals surface area contributed by atoms with E-state index in [0.29, 0.717) is 13.0 Å². The lowest BCUT2D eigenvalue weighted by molar-refractivity contribution is -0.177. The van der Waals surface area contributed by atoms with Crippen LogP contribution in [0.1, 0.15) is 49.9 Å². The number of anilines is 1. The second-order valence-electron chi connectivity index (χ2n) is 9.29. The molecule has 0 saturated heterocycles. The fourth-order valence-corrected chi connectivity index (χ4v) is 5.38. The van der Waals surface area contributed by atoms with Crippen LogP contribution in [-0.4, -0.2) is 20.3 Å². The summed E-state index contributed by atoms with van der Waals surface area (Å²) in [6.07, 6.45) is -1.24. The molecule has 180 valence electrons. The summed E-state index contributed by atoms with van der Waals surface area (Å²) < 4.78 is 44.9. The molecule has 1 aliphatic rings. The number of aromatic nitrogens is 3. The first-order chi connectivity index (χ1) is 16.4. The molecule has 0 spiro atoms. The number of alkyl halides is 3. The van der Waals surface area contributed by atoms with Gasteiger partial charge in [-0.25, -0.2) is 4.98 Å². The Balaban J connectivity index is 1.46. The largest absolute Gasteiger partial charge is 0.392 e. The number of para-hydroxylation sites is 2. The predicted molar refractivity (Wildman–Crippen MR) is 131 cm³/mol. The third kappa shape index (κ3) is 4.05. The second-order valence-corrected chi connectivity index (χ2v) is 9.29. The van der Waals surface area contributed by atoms with Gasteiger partial charge in [-0.15, -0.1) is 0 Å². The molecule has 2 heterocycles. The Hall–Kier alpha value is -2.96. The van der Waals surface area contributed by atoms with Crippen molar-refractivity contribution in [3.05, 3.63) is 59.3 Å². The predicted octanol–water partition coefficient (Wildman–Crippen LogP) is 7.09. The number of fused-ring (bicyclic) bond motifs is 4. The molecule has 4 aromatic rings. The summed E-state index contributed by atoms with van der Waals surface area (Å²) in [6, 6.07) is 14.3. The number of imidazole rings is 1. The van der Waals surface area contributed by atoms with E-state index in [2.05, 4.69) is 52.6 Å². The van der Waals surface area contributed by atoms with Crippen LogP contribution in [0.3, 0.4) is 0 Å². The van der Waals surface area contributed by atoms with Gasteiger partial charge >= 0.3 is 6.18 Å². The minimum Gasteiger partial charge on any atom is -0.352 e. The first-order valence-corrected chi connectivity index (χ1v) is 12.3. The van der Waals surface area contributed by atoms with E-state index in [1.165, 1.54) is 0 Å². The highest BCUT2D eigenvalue weighted by Crippen LogP contribution is 2.41. The molecule has 1 aliphatic carbocycles. The Morgan fingerprint density at radius 1 is 1.06 bits per heavy atom. The zero-order chi connectivity index (χ0) is 23.9.